The van der Waals surface area contributed by atoms with Gasteiger partial charge in [-0.2, -0.15) is 0 Å². The number of carbonyl (C=O) groups excluding carboxylic acids is 2. The minimum absolute atomic E-state index is 0.0357. The zero-order valence-corrected chi connectivity index (χ0v) is 24.2. The molecular weight excluding hydrogens is 484 g/mol. The van der Waals surface area contributed by atoms with Gasteiger partial charge in [-0.25, -0.2) is 0 Å². The van der Waals surface area contributed by atoms with E-state index in [0.29, 0.717) is 0 Å². The second-order valence-electron chi connectivity index (χ2n) is 10.8. The van der Waals surface area contributed by atoms with E-state index < -0.39 is 0 Å². The zero-order valence-electron chi connectivity index (χ0n) is 24.2. The van der Waals surface area contributed by atoms with Crippen LogP contribution in [0.25, 0.3) is 10.9 Å². The van der Waals surface area contributed by atoms with Crippen LogP contribution < -0.4 is 5.32 Å². The van der Waals surface area contributed by atoms with Gasteiger partial charge in [-0.05, 0) is 82.8 Å². The van der Waals surface area contributed by atoms with E-state index in [-0.39, 0.29) is 17.9 Å². The molecule has 1 fully saturated rings. The molecule has 0 radical (unpaired) electrons. The Kier molecular flexibility index (Phi) is 12.7. The van der Waals surface area contributed by atoms with E-state index in [1.54, 1.807) is 0 Å². The number of nitrogens with zero attached hydrogens (tertiary/aromatic N) is 2. The lowest BCUT2D eigenvalue weighted by Gasteiger charge is -2.35. The predicted molar refractivity (Wildman–Crippen MR) is 163 cm³/mol. The summed E-state index contributed by atoms with van der Waals surface area (Å²) >= 11 is 0. The molecule has 4 rings (SSSR count). The molecule has 3 unspecified atom stereocenters. The van der Waals surface area contributed by atoms with E-state index in [4.69, 9.17) is 4.79 Å². The summed E-state index contributed by atoms with van der Waals surface area (Å²) in [7, 11) is 1.96. The second kappa shape index (κ2) is 16.2. The summed E-state index contributed by atoms with van der Waals surface area (Å²) in [5.41, 5.74) is 3.05. The Morgan fingerprint density at radius 2 is 2.00 bits per heavy atom. The van der Waals surface area contributed by atoms with Crippen LogP contribution in [0.2, 0.25) is 0 Å². The van der Waals surface area contributed by atoms with E-state index in [1.165, 1.54) is 56.1 Å². The number of aromatic nitrogens is 1. The van der Waals surface area contributed by atoms with Gasteiger partial charge in [-0.15, -0.1) is 0 Å². The van der Waals surface area contributed by atoms with Crippen molar-refractivity contribution in [1.82, 2.24) is 20.1 Å². The third-order valence-corrected chi connectivity index (χ3v) is 8.16. The standard InChI is InChI=1S/C32H46N4O.CH2O/c1-4-27-17-12-13-21-36(27)22-14-20-33-23-25(2)31(29-24-34-30-19-11-10-18-28(29)30)35(3)32(37)26-15-8-6-5-7-9-16-26;1-2/h6,8-11,15-16,18-19,24-25,27,31,33-34H,4-5,7,12-14,17,20-23H2,1-3H3;1H2/b8-6-,16-9-,26-15+;. The molecule has 6 heteroatoms. The Hall–Kier alpha value is -2.96. The molecule has 2 aliphatic rings. The number of H-pyrrole nitrogens is 1. The average Bonchev–Trinajstić information content (AvgIpc) is 3.37. The highest BCUT2D eigenvalue weighted by Gasteiger charge is 2.30. The molecule has 0 spiro atoms. The molecule has 3 atom stereocenters. The van der Waals surface area contributed by atoms with Crippen molar-refractivity contribution < 1.29 is 9.59 Å². The summed E-state index contributed by atoms with van der Waals surface area (Å²) in [5.74, 6) is 0.320. The van der Waals surface area contributed by atoms with Gasteiger partial charge in [-0.3, -0.25) is 4.79 Å². The molecule has 0 bridgehead atoms. The van der Waals surface area contributed by atoms with Crippen molar-refractivity contribution in [2.24, 2.45) is 5.92 Å². The lowest BCUT2D eigenvalue weighted by Crippen LogP contribution is -2.41. The number of likely N-dealkylation sites (N-methyl/N-ethyl adjacent to an activating group) is 1. The Labute approximate surface area is 235 Å². The SMILES string of the molecule is C=O.CCC1CCCCN1CCCNCC(C)C(c1c[nH]c2ccccc12)N(C)C(=O)C1=C/C=C\CC/C=C\1. The highest BCUT2D eigenvalue weighted by molar-refractivity contribution is 5.97. The number of fused-ring (bicyclic) bond motifs is 1. The Morgan fingerprint density at radius 3 is 2.82 bits per heavy atom. The molecule has 2 aromatic rings. The largest absolute Gasteiger partial charge is 0.361 e. The van der Waals surface area contributed by atoms with Gasteiger partial charge < -0.3 is 24.9 Å². The molecule has 1 aromatic heterocycles. The fourth-order valence-corrected chi connectivity index (χ4v) is 6.10. The normalized spacial score (nSPS) is 22.3. The molecule has 2 N–H and O–H groups in total. The van der Waals surface area contributed by atoms with E-state index in [0.717, 1.165) is 43.1 Å². The topological polar surface area (TPSA) is 68.4 Å². The number of para-hydroxylation sites is 1. The summed E-state index contributed by atoms with van der Waals surface area (Å²) in [6.07, 6.45) is 20.8. The quantitative estimate of drug-likeness (QED) is 0.338. The number of likely N-dealkylation sites (tertiary alicyclic amines) is 1. The molecule has 0 saturated carbocycles. The first-order chi connectivity index (χ1) is 19.1. The molecule has 1 aliphatic heterocycles. The van der Waals surface area contributed by atoms with E-state index in [1.807, 2.05) is 37.0 Å². The van der Waals surface area contributed by atoms with Gasteiger partial charge in [-0.1, -0.05) is 62.8 Å². The molecule has 1 aromatic carbocycles. The van der Waals surface area contributed by atoms with Crippen LogP contribution in [-0.4, -0.2) is 66.7 Å². The van der Waals surface area contributed by atoms with Crippen LogP contribution in [0.1, 0.15) is 70.4 Å². The number of carbonyl (C=O) groups is 2. The van der Waals surface area contributed by atoms with Crippen molar-refractivity contribution in [2.45, 2.75) is 70.9 Å². The predicted octanol–water partition coefficient (Wildman–Crippen LogP) is 6.20. The Morgan fingerprint density at radius 1 is 1.21 bits per heavy atom. The number of aromatic amines is 1. The maximum Gasteiger partial charge on any atom is 0.254 e. The molecular formula is C33H48N4O2. The number of amides is 1. The first kappa shape index (κ1) is 30.6. The molecule has 6 nitrogen and oxygen atoms in total. The second-order valence-corrected chi connectivity index (χ2v) is 10.8. The maximum absolute atomic E-state index is 13.7. The third-order valence-electron chi connectivity index (χ3n) is 8.16. The van der Waals surface area contributed by atoms with Crippen LogP contribution in [0.4, 0.5) is 0 Å². The number of benzene rings is 1. The van der Waals surface area contributed by atoms with Crippen LogP contribution in [-0.2, 0) is 9.59 Å². The van der Waals surface area contributed by atoms with Crippen molar-refractivity contribution in [2.75, 3.05) is 33.2 Å². The number of piperidine rings is 1. The van der Waals surface area contributed by atoms with Gasteiger partial charge in [0.15, 0.2) is 0 Å². The summed E-state index contributed by atoms with van der Waals surface area (Å²) in [5, 5.41) is 4.92. The number of nitrogens with one attached hydrogen (secondary N) is 2. The smallest absolute Gasteiger partial charge is 0.254 e. The fourth-order valence-electron chi connectivity index (χ4n) is 6.10. The van der Waals surface area contributed by atoms with Crippen molar-refractivity contribution in [3.05, 3.63) is 72.0 Å². The van der Waals surface area contributed by atoms with E-state index >= 15 is 0 Å². The van der Waals surface area contributed by atoms with Crippen LogP contribution in [0.3, 0.4) is 0 Å². The maximum atomic E-state index is 13.7. The monoisotopic (exact) mass is 532 g/mol. The van der Waals surface area contributed by atoms with Crippen LogP contribution in [0, 0.1) is 5.92 Å². The first-order valence-electron chi connectivity index (χ1n) is 14.7. The number of rotatable bonds is 11. The van der Waals surface area contributed by atoms with Crippen molar-refractivity contribution in [3.8, 4) is 0 Å². The molecule has 39 heavy (non-hydrogen) atoms. The van der Waals surface area contributed by atoms with E-state index in [9.17, 15) is 4.79 Å². The average molecular weight is 533 g/mol. The van der Waals surface area contributed by atoms with Gasteiger partial charge >= 0.3 is 0 Å². The minimum atomic E-state index is -0.0357. The minimum Gasteiger partial charge on any atom is -0.361 e. The summed E-state index contributed by atoms with van der Waals surface area (Å²) < 4.78 is 0. The molecule has 2 heterocycles. The van der Waals surface area contributed by atoms with Crippen LogP contribution in [0.15, 0.2) is 66.4 Å². The number of hydrogen-bond donors (Lipinski definition) is 2. The van der Waals surface area contributed by atoms with Gasteiger partial charge in [0.1, 0.15) is 6.79 Å². The van der Waals surface area contributed by atoms with Crippen molar-refractivity contribution in [1.29, 1.82) is 0 Å². The summed E-state index contributed by atoms with van der Waals surface area (Å²) in [6, 6.07) is 9.13. The lowest BCUT2D eigenvalue weighted by atomic mass is 9.92. The first-order valence-corrected chi connectivity index (χ1v) is 14.7. The van der Waals surface area contributed by atoms with Crippen LogP contribution >= 0.6 is 0 Å². The van der Waals surface area contributed by atoms with Crippen molar-refractivity contribution >= 4 is 23.6 Å². The van der Waals surface area contributed by atoms with Crippen LogP contribution in [0.5, 0.6) is 0 Å². The third kappa shape index (κ3) is 8.26. The summed E-state index contributed by atoms with van der Waals surface area (Å²) in [4.78, 5) is 29.8. The Balaban J connectivity index is 0.00000205. The molecule has 1 aliphatic carbocycles. The zero-order chi connectivity index (χ0) is 28.0. The highest BCUT2D eigenvalue weighted by Crippen LogP contribution is 2.34. The molecule has 212 valence electrons. The van der Waals surface area contributed by atoms with Crippen molar-refractivity contribution in [3.63, 3.8) is 0 Å². The van der Waals surface area contributed by atoms with Gasteiger partial charge in [0, 0.05) is 41.3 Å². The number of hydrogen-bond acceptors (Lipinski definition) is 4. The van der Waals surface area contributed by atoms with Gasteiger partial charge in [0.2, 0.25) is 0 Å². The molecule has 1 saturated heterocycles. The van der Waals surface area contributed by atoms with Gasteiger partial charge in [0.05, 0.1) is 6.04 Å². The lowest BCUT2D eigenvalue weighted by molar-refractivity contribution is -0.128. The van der Waals surface area contributed by atoms with E-state index in [2.05, 4.69) is 71.7 Å². The number of allylic oxidation sites excluding steroid dienone is 4. The highest BCUT2D eigenvalue weighted by atomic mass is 16.2. The summed E-state index contributed by atoms with van der Waals surface area (Å²) in [6.45, 7) is 10.9. The Bertz CT molecular complexity index is 1120. The fraction of sp³-hybridized carbons (Fsp3) is 0.515. The van der Waals surface area contributed by atoms with Gasteiger partial charge in [0.25, 0.3) is 5.91 Å². The molecule has 1 amide bonds.